The van der Waals surface area contributed by atoms with Crippen molar-refractivity contribution in [2.75, 3.05) is 11.9 Å². The molecule has 0 aliphatic heterocycles. The topological polar surface area (TPSA) is 58.2 Å². The quantitative estimate of drug-likeness (QED) is 0.699. The second-order valence-electron chi connectivity index (χ2n) is 5.31. The van der Waals surface area contributed by atoms with Crippen LogP contribution >= 0.6 is 23.2 Å². The van der Waals surface area contributed by atoms with Crippen LogP contribution in [0.2, 0.25) is 10.0 Å². The van der Waals surface area contributed by atoms with Crippen LogP contribution in [0.5, 0.6) is 0 Å². The van der Waals surface area contributed by atoms with Crippen molar-refractivity contribution in [3.63, 3.8) is 0 Å². The van der Waals surface area contributed by atoms with Crippen molar-refractivity contribution in [1.82, 2.24) is 5.32 Å². The predicted octanol–water partition coefficient (Wildman–Crippen LogP) is 4.48. The minimum Gasteiger partial charge on any atom is -0.349 e. The Balaban J connectivity index is 2.02. The van der Waals surface area contributed by atoms with Crippen molar-refractivity contribution in [2.45, 2.75) is 12.8 Å². The molecule has 25 heavy (non-hydrogen) atoms. The Bertz CT molecular complexity index is 791. The lowest BCUT2D eigenvalue weighted by Crippen LogP contribution is -2.25. The van der Waals surface area contributed by atoms with Crippen molar-refractivity contribution in [3.05, 3.63) is 76.3 Å². The predicted molar refractivity (Wildman–Crippen MR) is 102 cm³/mol. The van der Waals surface area contributed by atoms with Gasteiger partial charge in [0.1, 0.15) is 0 Å². The van der Waals surface area contributed by atoms with Crippen LogP contribution in [0, 0.1) is 0 Å². The van der Waals surface area contributed by atoms with Crippen molar-refractivity contribution in [1.29, 1.82) is 0 Å². The van der Waals surface area contributed by atoms with E-state index in [1.807, 2.05) is 6.07 Å². The Hall–Kier alpha value is -2.30. The third-order valence-electron chi connectivity index (χ3n) is 3.51. The number of amides is 2. The Labute approximate surface area is 156 Å². The number of rotatable bonds is 7. The molecule has 0 spiro atoms. The lowest BCUT2D eigenvalue weighted by molar-refractivity contribution is -0.116. The number of para-hydroxylation sites is 1. The number of carbonyl (C=O) groups is 2. The van der Waals surface area contributed by atoms with E-state index in [2.05, 4.69) is 17.2 Å². The largest absolute Gasteiger partial charge is 0.349 e. The number of anilines is 1. The summed E-state index contributed by atoms with van der Waals surface area (Å²) in [6, 6.07) is 12.2. The van der Waals surface area contributed by atoms with Gasteiger partial charge in [-0.05, 0) is 30.2 Å². The van der Waals surface area contributed by atoms with Crippen LogP contribution in [0.3, 0.4) is 0 Å². The molecule has 2 amide bonds. The molecule has 0 aliphatic rings. The van der Waals surface area contributed by atoms with Crippen LogP contribution in [0.25, 0.3) is 0 Å². The highest BCUT2D eigenvalue weighted by molar-refractivity contribution is 6.42. The molecule has 0 fully saturated rings. The average molecular weight is 377 g/mol. The minimum absolute atomic E-state index is 0.208. The molecule has 0 saturated heterocycles. The normalized spacial score (nSPS) is 10.2. The lowest BCUT2D eigenvalue weighted by Gasteiger charge is -2.11. The Morgan fingerprint density at radius 1 is 1.08 bits per heavy atom. The van der Waals surface area contributed by atoms with Crippen molar-refractivity contribution in [2.24, 2.45) is 0 Å². The summed E-state index contributed by atoms with van der Waals surface area (Å²) in [6.07, 6.45) is 2.27. The summed E-state index contributed by atoms with van der Waals surface area (Å²) in [7, 11) is 0. The van der Waals surface area contributed by atoms with Gasteiger partial charge in [0.2, 0.25) is 5.91 Å². The van der Waals surface area contributed by atoms with Crippen LogP contribution in [0.1, 0.15) is 22.3 Å². The Kier molecular flexibility index (Phi) is 7.04. The van der Waals surface area contributed by atoms with Gasteiger partial charge >= 0.3 is 0 Å². The van der Waals surface area contributed by atoms with E-state index in [9.17, 15) is 9.59 Å². The monoisotopic (exact) mass is 376 g/mol. The summed E-state index contributed by atoms with van der Waals surface area (Å²) in [5, 5.41) is 6.39. The number of aryl methyl sites for hydroxylation is 1. The van der Waals surface area contributed by atoms with E-state index in [1.165, 1.54) is 0 Å². The van der Waals surface area contributed by atoms with Crippen LogP contribution < -0.4 is 10.6 Å². The zero-order chi connectivity index (χ0) is 18.2. The van der Waals surface area contributed by atoms with Gasteiger partial charge in [-0.25, -0.2) is 0 Å². The van der Waals surface area contributed by atoms with E-state index in [0.717, 1.165) is 5.56 Å². The average Bonchev–Trinajstić information content (AvgIpc) is 2.61. The molecule has 0 aromatic heterocycles. The minimum atomic E-state index is -0.270. The van der Waals surface area contributed by atoms with Crippen molar-refractivity contribution < 1.29 is 9.59 Å². The summed E-state index contributed by atoms with van der Waals surface area (Å²) in [5.41, 5.74) is 1.67. The zero-order valence-electron chi connectivity index (χ0n) is 13.5. The smallest absolute Gasteiger partial charge is 0.253 e. The van der Waals surface area contributed by atoms with Gasteiger partial charge in [0.15, 0.2) is 0 Å². The number of hydrogen-bond donors (Lipinski definition) is 2. The number of carbonyl (C=O) groups excluding carboxylic acids is 2. The highest BCUT2D eigenvalue weighted by Gasteiger charge is 2.13. The van der Waals surface area contributed by atoms with E-state index in [-0.39, 0.29) is 18.2 Å². The molecule has 0 bridgehead atoms. The third kappa shape index (κ3) is 5.34. The maximum Gasteiger partial charge on any atom is 0.253 e. The van der Waals surface area contributed by atoms with E-state index >= 15 is 0 Å². The summed E-state index contributed by atoms with van der Waals surface area (Å²) in [4.78, 5) is 24.4. The summed E-state index contributed by atoms with van der Waals surface area (Å²) >= 11 is 12.1. The Morgan fingerprint density at radius 2 is 1.84 bits per heavy atom. The lowest BCUT2D eigenvalue weighted by atomic mass is 10.1. The first kappa shape index (κ1) is 19.0. The molecule has 0 heterocycles. The first-order chi connectivity index (χ1) is 12.0. The van der Waals surface area contributed by atoms with Gasteiger partial charge in [-0.15, -0.1) is 6.58 Å². The molecule has 4 nitrogen and oxygen atoms in total. The molecule has 0 saturated carbocycles. The molecule has 2 aromatic rings. The Morgan fingerprint density at radius 3 is 2.60 bits per heavy atom. The number of hydrogen-bond acceptors (Lipinski definition) is 2. The van der Waals surface area contributed by atoms with Gasteiger partial charge < -0.3 is 10.6 Å². The fourth-order valence-corrected chi connectivity index (χ4v) is 2.67. The van der Waals surface area contributed by atoms with Crippen LogP contribution in [-0.4, -0.2) is 18.4 Å². The van der Waals surface area contributed by atoms with Gasteiger partial charge in [-0.2, -0.15) is 0 Å². The first-order valence-corrected chi connectivity index (χ1v) is 8.49. The molecule has 2 N–H and O–H groups in total. The van der Waals surface area contributed by atoms with E-state index in [4.69, 9.17) is 23.2 Å². The summed E-state index contributed by atoms with van der Waals surface area (Å²) < 4.78 is 0. The van der Waals surface area contributed by atoms with Gasteiger partial charge in [0.05, 0.1) is 21.3 Å². The van der Waals surface area contributed by atoms with Gasteiger partial charge in [-0.3, -0.25) is 9.59 Å². The molecule has 0 atom stereocenters. The SMILES string of the molecule is C=CCNC(=O)c1ccccc1NC(=O)CCc1cccc(Cl)c1Cl. The third-order valence-corrected chi connectivity index (χ3v) is 4.36. The molecular formula is C19H18Cl2N2O2. The highest BCUT2D eigenvalue weighted by atomic mass is 35.5. The van der Waals surface area contributed by atoms with E-state index < -0.39 is 0 Å². The maximum atomic E-state index is 12.2. The number of nitrogens with one attached hydrogen (secondary N) is 2. The number of halogens is 2. The second-order valence-corrected chi connectivity index (χ2v) is 6.09. The first-order valence-electron chi connectivity index (χ1n) is 7.73. The van der Waals surface area contributed by atoms with Crippen molar-refractivity contribution >= 4 is 40.7 Å². The highest BCUT2D eigenvalue weighted by Crippen LogP contribution is 2.26. The molecular weight excluding hydrogens is 359 g/mol. The molecule has 6 heteroatoms. The summed E-state index contributed by atoms with van der Waals surface area (Å²) in [5.74, 6) is -0.478. The maximum absolute atomic E-state index is 12.2. The van der Waals surface area contributed by atoms with Crippen LogP contribution in [-0.2, 0) is 11.2 Å². The van der Waals surface area contributed by atoms with Crippen LogP contribution in [0.4, 0.5) is 5.69 Å². The van der Waals surface area contributed by atoms with E-state index in [1.54, 1.807) is 42.5 Å². The standard InChI is InChI=1S/C19H18Cl2N2O2/c1-2-12-22-19(25)14-7-3-4-9-16(14)23-17(24)11-10-13-6-5-8-15(20)18(13)21/h2-9H,1,10-12H2,(H,22,25)(H,23,24). The molecule has 0 aliphatic carbocycles. The van der Waals surface area contributed by atoms with Gasteiger partial charge in [-0.1, -0.05) is 53.5 Å². The molecule has 0 radical (unpaired) electrons. The van der Waals surface area contributed by atoms with Gasteiger partial charge in [0.25, 0.3) is 5.91 Å². The molecule has 2 aromatic carbocycles. The summed E-state index contributed by atoms with van der Waals surface area (Å²) in [6.45, 7) is 3.91. The molecule has 0 unspecified atom stereocenters. The second kappa shape index (κ2) is 9.25. The molecule has 2 rings (SSSR count). The van der Waals surface area contributed by atoms with E-state index in [0.29, 0.717) is 34.3 Å². The fraction of sp³-hybridized carbons (Fsp3) is 0.158. The zero-order valence-corrected chi connectivity index (χ0v) is 15.0. The van der Waals surface area contributed by atoms with Crippen LogP contribution in [0.15, 0.2) is 55.1 Å². The number of benzene rings is 2. The fourth-order valence-electron chi connectivity index (χ4n) is 2.25. The van der Waals surface area contributed by atoms with Crippen molar-refractivity contribution in [3.8, 4) is 0 Å². The van der Waals surface area contributed by atoms with Gasteiger partial charge in [0, 0.05) is 13.0 Å². The molecule has 130 valence electrons.